The number of halogens is 2. The molecule has 0 unspecified atom stereocenters. The summed E-state index contributed by atoms with van der Waals surface area (Å²) in [5, 5.41) is 3.95. The zero-order chi connectivity index (χ0) is 12.3. The maximum absolute atomic E-state index is 13.3. The summed E-state index contributed by atoms with van der Waals surface area (Å²) < 4.78 is 33.1. The van der Waals surface area contributed by atoms with Crippen molar-refractivity contribution in [2.45, 2.75) is 6.54 Å². The van der Waals surface area contributed by atoms with Crippen LogP contribution >= 0.6 is 0 Å². The Kier molecular flexibility index (Phi) is 3.22. The number of hydrogen-bond donors (Lipinski definition) is 1. The summed E-state index contributed by atoms with van der Waals surface area (Å²) >= 11 is 0. The monoisotopic (exact) mass is 239 g/mol. The summed E-state index contributed by atoms with van der Waals surface area (Å²) in [6.07, 6.45) is 3.38. The fourth-order valence-corrected chi connectivity index (χ4v) is 1.34. The van der Waals surface area contributed by atoms with Gasteiger partial charge in [0.2, 0.25) is 0 Å². The van der Waals surface area contributed by atoms with Gasteiger partial charge in [-0.1, -0.05) is 0 Å². The van der Waals surface area contributed by atoms with Crippen molar-refractivity contribution in [3.63, 3.8) is 0 Å². The van der Waals surface area contributed by atoms with E-state index >= 15 is 0 Å². The Bertz CT molecular complexity index is 500. The fraction of sp³-hybridized carbons (Fsp3) is 0.182. The number of ether oxygens (including phenoxy) is 1. The average Bonchev–Trinajstić information content (AvgIpc) is 2.78. The molecule has 2 aromatic rings. The Morgan fingerprint density at radius 2 is 2.12 bits per heavy atom. The summed E-state index contributed by atoms with van der Waals surface area (Å²) in [5.41, 5.74) is 4.98. The number of aromatic nitrogens is 2. The average molecular weight is 239 g/mol. The molecule has 17 heavy (non-hydrogen) atoms. The molecule has 1 heterocycles. The summed E-state index contributed by atoms with van der Waals surface area (Å²) in [4.78, 5) is 0. The number of nitrogen functional groups attached to an aromatic ring is 1. The van der Waals surface area contributed by atoms with E-state index in [4.69, 9.17) is 10.5 Å². The first kappa shape index (κ1) is 11.4. The molecule has 2 rings (SSSR count). The molecule has 0 aliphatic carbocycles. The Morgan fingerprint density at radius 1 is 1.29 bits per heavy atom. The van der Waals surface area contributed by atoms with Crippen LogP contribution in [0.5, 0.6) is 5.75 Å². The predicted molar refractivity (Wildman–Crippen MR) is 58.5 cm³/mol. The molecule has 90 valence electrons. The molecule has 6 heteroatoms. The van der Waals surface area contributed by atoms with Crippen LogP contribution in [0.2, 0.25) is 0 Å². The third-order valence-electron chi connectivity index (χ3n) is 2.19. The smallest absolute Gasteiger partial charge is 0.167 e. The molecule has 0 amide bonds. The lowest BCUT2D eigenvalue weighted by Gasteiger charge is -2.08. The van der Waals surface area contributed by atoms with Crippen molar-refractivity contribution >= 4 is 5.69 Å². The van der Waals surface area contributed by atoms with E-state index in [9.17, 15) is 8.78 Å². The molecular formula is C11H11F2N3O. The van der Waals surface area contributed by atoms with Crippen LogP contribution in [0.1, 0.15) is 0 Å². The van der Waals surface area contributed by atoms with E-state index in [-0.39, 0.29) is 18.0 Å². The van der Waals surface area contributed by atoms with Crippen molar-refractivity contribution in [3.8, 4) is 5.75 Å². The van der Waals surface area contributed by atoms with Crippen LogP contribution < -0.4 is 10.5 Å². The highest BCUT2D eigenvalue weighted by molar-refractivity contribution is 5.44. The standard InChI is InChI=1S/C11H11F2N3O/c12-8-7-11(9(13)6-10(8)14)17-5-4-16-3-1-2-15-16/h1-3,6-7H,4-5,14H2. The summed E-state index contributed by atoms with van der Waals surface area (Å²) in [7, 11) is 0. The molecule has 1 aromatic heterocycles. The van der Waals surface area contributed by atoms with E-state index in [1.54, 1.807) is 23.1 Å². The largest absolute Gasteiger partial charge is 0.488 e. The highest BCUT2D eigenvalue weighted by atomic mass is 19.1. The Hall–Kier alpha value is -2.11. The molecule has 4 nitrogen and oxygen atoms in total. The van der Waals surface area contributed by atoms with Gasteiger partial charge in [-0.25, -0.2) is 8.78 Å². The van der Waals surface area contributed by atoms with Gasteiger partial charge in [-0.15, -0.1) is 0 Å². The van der Waals surface area contributed by atoms with E-state index < -0.39 is 11.6 Å². The van der Waals surface area contributed by atoms with Crippen LogP contribution in [-0.2, 0) is 6.54 Å². The Morgan fingerprint density at radius 3 is 2.82 bits per heavy atom. The minimum Gasteiger partial charge on any atom is -0.488 e. The van der Waals surface area contributed by atoms with Crippen LogP contribution in [0.15, 0.2) is 30.6 Å². The summed E-state index contributed by atoms with van der Waals surface area (Å²) in [6.45, 7) is 0.653. The molecule has 0 saturated carbocycles. The van der Waals surface area contributed by atoms with Crippen LogP contribution in [0.25, 0.3) is 0 Å². The van der Waals surface area contributed by atoms with Gasteiger partial charge < -0.3 is 10.5 Å². The van der Waals surface area contributed by atoms with Gasteiger partial charge in [0.05, 0.1) is 12.2 Å². The van der Waals surface area contributed by atoms with Gasteiger partial charge in [-0.2, -0.15) is 5.10 Å². The number of benzene rings is 1. The van der Waals surface area contributed by atoms with Gasteiger partial charge in [-0.3, -0.25) is 4.68 Å². The van der Waals surface area contributed by atoms with E-state index in [1.807, 2.05) is 0 Å². The van der Waals surface area contributed by atoms with Crippen LogP contribution in [0.4, 0.5) is 14.5 Å². The fourth-order valence-electron chi connectivity index (χ4n) is 1.34. The minimum atomic E-state index is -0.694. The van der Waals surface area contributed by atoms with Crippen molar-refractivity contribution in [3.05, 3.63) is 42.2 Å². The molecule has 1 aromatic carbocycles. The number of nitrogens with zero attached hydrogens (tertiary/aromatic N) is 2. The molecule has 0 aliphatic heterocycles. The van der Waals surface area contributed by atoms with E-state index in [0.717, 1.165) is 12.1 Å². The van der Waals surface area contributed by atoms with Crippen molar-refractivity contribution in [2.24, 2.45) is 0 Å². The first-order chi connectivity index (χ1) is 8.16. The number of rotatable bonds is 4. The lowest BCUT2D eigenvalue weighted by molar-refractivity contribution is 0.277. The van der Waals surface area contributed by atoms with Gasteiger partial charge in [0, 0.05) is 24.5 Å². The van der Waals surface area contributed by atoms with Crippen LogP contribution in [0, 0.1) is 11.6 Å². The van der Waals surface area contributed by atoms with E-state index in [2.05, 4.69) is 5.10 Å². The molecule has 0 spiro atoms. The minimum absolute atomic E-state index is 0.149. The Balaban J connectivity index is 1.97. The van der Waals surface area contributed by atoms with E-state index in [1.165, 1.54) is 0 Å². The quantitative estimate of drug-likeness (QED) is 0.828. The molecular weight excluding hydrogens is 228 g/mol. The maximum Gasteiger partial charge on any atom is 0.167 e. The van der Waals surface area contributed by atoms with Crippen molar-refractivity contribution in [1.82, 2.24) is 9.78 Å². The van der Waals surface area contributed by atoms with Crippen molar-refractivity contribution in [2.75, 3.05) is 12.3 Å². The molecule has 0 atom stereocenters. The molecule has 2 N–H and O–H groups in total. The maximum atomic E-state index is 13.3. The Labute approximate surface area is 96.6 Å². The van der Waals surface area contributed by atoms with Crippen LogP contribution in [0.3, 0.4) is 0 Å². The predicted octanol–water partition coefficient (Wildman–Crippen LogP) is 1.82. The molecule has 0 radical (unpaired) electrons. The zero-order valence-corrected chi connectivity index (χ0v) is 8.94. The van der Waals surface area contributed by atoms with Crippen molar-refractivity contribution < 1.29 is 13.5 Å². The second-order valence-electron chi connectivity index (χ2n) is 3.42. The van der Waals surface area contributed by atoms with Gasteiger partial charge >= 0.3 is 0 Å². The second kappa shape index (κ2) is 4.82. The third kappa shape index (κ3) is 2.72. The molecule has 0 bridgehead atoms. The lowest BCUT2D eigenvalue weighted by atomic mass is 10.3. The first-order valence-electron chi connectivity index (χ1n) is 5.01. The second-order valence-corrected chi connectivity index (χ2v) is 3.42. The number of nitrogens with two attached hydrogens (primary N) is 1. The topological polar surface area (TPSA) is 53.1 Å². The highest BCUT2D eigenvalue weighted by Crippen LogP contribution is 2.22. The summed E-state index contributed by atoms with van der Waals surface area (Å²) in [5.74, 6) is -1.52. The number of hydrogen-bond acceptors (Lipinski definition) is 3. The molecule has 0 saturated heterocycles. The highest BCUT2D eigenvalue weighted by Gasteiger charge is 2.08. The normalized spacial score (nSPS) is 10.5. The third-order valence-corrected chi connectivity index (χ3v) is 2.19. The van der Waals surface area contributed by atoms with Crippen LogP contribution in [-0.4, -0.2) is 16.4 Å². The summed E-state index contributed by atoms with van der Waals surface area (Å²) in [6, 6.07) is 3.61. The van der Waals surface area contributed by atoms with Gasteiger partial charge in [-0.05, 0) is 6.07 Å². The van der Waals surface area contributed by atoms with Crippen molar-refractivity contribution in [1.29, 1.82) is 0 Å². The van der Waals surface area contributed by atoms with Gasteiger partial charge in [0.15, 0.2) is 11.6 Å². The molecule has 0 fully saturated rings. The molecule has 0 aliphatic rings. The SMILES string of the molecule is Nc1cc(F)c(OCCn2cccn2)cc1F. The zero-order valence-electron chi connectivity index (χ0n) is 8.94. The lowest BCUT2D eigenvalue weighted by Crippen LogP contribution is -2.09. The number of anilines is 1. The van der Waals surface area contributed by atoms with Gasteiger partial charge in [0.1, 0.15) is 12.4 Å². The van der Waals surface area contributed by atoms with Gasteiger partial charge in [0.25, 0.3) is 0 Å². The van der Waals surface area contributed by atoms with E-state index in [0.29, 0.717) is 6.54 Å². The first-order valence-corrected chi connectivity index (χ1v) is 5.01.